The molecule has 0 spiro atoms. The predicted octanol–water partition coefficient (Wildman–Crippen LogP) is 3.76. The van der Waals surface area contributed by atoms with Crippen molar-refractivity contribution in [3.05, 3.63) is 46.5 Å². The zero-order chi connectivity index (χ0) is 54.0. The average molecular weight is 1070 g/mol. The highest BCUT2D eigenvalue weighted by molar-refractivity contribution is 7.89. The molecule has 19 nitrogen and oxygen atoms in total. The van der Waals surface area contributed by atoms with E-state index in [1.165, 1.54) is 83.8 Å². The third kappa shape index (κ3) is 18.4. The first-order chi connectivity index (χ1) is 34.5. The highest BCUT2D eigenvalue weighted by Gasteiger charge is 2.33. The van der Waals surface area contributed by atoms with Crippen LogP contribution in [0.1, 0.15) is 73.6 Å². The lowest BCUT2D eigenvalue weighted by Crippen LogP contribution is -2.52. The normalized spacial score (nSPS) is 21.7. The summed E-state index contributed by atoms with van der Waals surface area (Å²) < 4.78 is 74.8. The molecule has 1 amide bonds. The molecule has 73 heavy (non-hydrogen) atoms. The summed E-state index contributed by atoms with van der Waals surface area (Å²) in [4.78, 5) is 35.6. The predicted molar refractivity (Wildman–Crippen MR) is 286 cm³/mol. The van der Waals surface area contributed by atoms with E-state index in [9.17, 15) is 26.4 Å². The minimum absolute atomic E-state index is 0.0102. The summed E-state index contributed by atoms with van der Waals surface area (Å²) in [6, 6.07) is 9.15. The van der Waals surface area contributed by atoms with Crippen LogP contribution < -0.4 is 14.8 Å². The maximum atomic E-state index is 13.1. The van der Waals surface area contributed by atoms with Crippen LogP contribution in [0.25, 0.3) is 0 Å². The number of hydrogen-bond donors (Lipinski definition) is 2. The Balaban J connectivity index is 0.000000264. The second-order valence-electron chi connectivity index (χ2n) is 20.3. The van der Waals surface area contributed by atoms with Crippen LogP contribution in [-0.2, 0) is 39.1 Å². The van der Waals surface area contributed by atoms with Crippen molar-refractivity contribution in [1.29, 1.82) is 0 Å². The number of sulfonamides is 2. The minimum atomic E-state index is -3.69. The molecule has 2 N–H and O–H groups in total. The number of carbonyl (C=O) groups is 2. The Bertz CT molecular complexity index is 2230. The van der Waals surface area contributed by atoms with Crippen molar-refractivity contribution in [2.75, 3.05) is 148 Å². The zero-order valence-corrected chi connectivity index (χ0v) is 47.8. The van der Waals surface area contributed by atoms with Crippen molar-refractivity contribution in [2.45, 2.75) is 113 Å². The first kappa shape index (κ1) is 62.1. The maximum absolute atomic E-state index is 13.1. The van der Waals surface area contributed by atoms with Crippen LogP contribution in [0.4, 0.5) is 0 Å². The summed E-state index contributed by atoms with van der Waals surface area (Å²) in [5.41, 5.74) is 2.46. The van der Waals surface area contributed by atoms with Gasteiger partial charge in [-0.2, -0.15) is 8.61 Å². The lowest BCUT2D eigenvalue weighted by Gasteiger charge is -2.43. The number of ether oxygens (including phenoxy) is 4. The van der Waals surface area contributed by atoms with Crippen LogP contribution in [0.15, 0.2) is 34.1 Å². The van der Waals surface area contributed by atoms with Gasteiger partial charge in [-0.1, -0.05) is 6.42 Å². The fourth-order valence-electron chi connectivity index (χ4n) is 10.4. The zero-order valence-electron chi connectivity index (χ0n) is 46.2. The van der Waals surface area contributed by atoms with Crippen molar-refractivity contribution < 1.29 is 50.5 Å². The Morgan fingerprint density at radius 3 is 1.42 bits per heavy atom. The summed E-state index contributed by atoms with van der Waals surface area (Å²) in [6.07, 6.45) is 9.92. The van der Waals surface area contributed by atoms with Gasteiger partial charge in [-0.25, -0.2) is 21.6 Å². The quantitative estimate of drug-likeness (QED) is 0.182. The Labute approximate surface area is 438 Å². The summed E-state index contributed by atoms with van der Waals surface area (Å²) in [5, 5.41) is 11.9. The smallest absolute Gasteiger partial charge is 0.329 e. The summed E-state index contributed by atoms with van der Waals surface area (Å²) in [6.45, 7) is 16.3. The average Bonchev–Trinajstić information content (AvgIpc) is 3.36. The molecule has 2 aliphatic carbocycles. The molecule has 0 radical (unpaired) electrons. The van der Waals surface area contributed by atoms with Gasteiger partial charge in [0.05, 0.1) is 37.2 Å². The number of aryl methyl sites for hydroxylation is 4. The maximum Gasteiger partial charge on any atom is 0.329 e. The van der Waals surface area contributed by atoms with Crippen LogP contribution in [0.2, 0.25) is 0 Å². The lowest BCUT2D eigenvalue weighted by atomic mass is 9.88. The molecule has 2 aliphatic heterocycles. The number of carbonyl (C=O) groups excluding carboxylic acids is 1. The number of carboxylic acid groups (broad SMARTS) is 1. The first-order valence-corrected chi connectivity index (χ1v) is 28.8. The molecule has 6 rings (SSSR count). The van der Waals surface area contributed by atoms with Crippen LogP contribution in [0, 0.1) is 27.7 Å². The molecule has 2 aromatic rings. The van der Waals surface area contributed by atoms with Crippen molar-refractivity contribution in [3.8, 4) is 11.5 Å². The molecule has 0 aromatic heterocycles. The van der Waals surface area contributed by atoms with E-state index >= 15 is 0 Å². The fourth-order valence-corrected chi connectivity index (χ4v) is 13.5. The number of benzene rings is 2. The van der Waals surface area contributed by atoms with E-state index in [-0.39, 0.29) is 54.7 Å². The van der Waals surface area contributed by atoms with E-state index in [1.54, 1.807) is 59.1 Å². The van der Waals surface area contributed by atoms with E-state index < -0.39 is 32.6 Å². The Hall–Kier alpha value is -3.48. The Morgan fingerprint density at radius 2 is 1.03 bits per heavy atom. The largest absolute Gasteiger partial charge is 0.497 e. The third-order valence-corrected chi connectivity index (χ3v) is 19.3. The molecule has 4 atom stereocenters. The van der Waals surface area contributed by atoms with Crippen molar-refractivity contribution >= 4 is 31.9 Å². The van der Waals surface area contributed by atoms with Crippen molar-refractivity contribution in [2.24, 2.45) is 0 Å². The molecule has 0 bridgehead atoms. The fraction of sp³-hybridized carbons (Fsp3) is 0.731. The van der Waals surface area contributed by atoms with E-state index in [0.29, 0.717) is 39.8 Å². The van der Waals surface area contributed by atoms with Gasteiger partial charge in [0, 0.05) is 111 Å². The van der Waals surface area contributed by atoms with Crippen molar-refractivity contribution in [1.82, 2.24) is 38.4 Å². The summed E-state index contributed by atoms with van der Waals surface area (Å²) in [7, 11) is 7.07. The second kappa shape index (κ2) is 29.7. The number of amides is 1. The minimum Gasteiger partial charge on any atom is -0.497 e. The SMILES string of the molecule is CNC1CCCC(N2CCN(C)CC2)C1.COc1cc(C)c(S(=O)(=O)N(C)CCOCC(=O)N(C)C2CCCC(N3CCN(C)CC3)C2)c(C)c1.COc1cc(C)c(S(=O)(=O)N(C)CCOCC(=O)O)c(C)c1. The van der Waals surface area contributed by atoms with Gasteiger partial charge in [0.1, 0.15) is 24.7 Å². The molecule has 4 aliphatic rings. The Kier molecular flexibility index (Phi) is 25.3. The number of methoxy groups -OCH3 is 2. The lowest BCUT2D eigenvalue weighted by molar-refractivity contribution is -0.142. The van der Waals surface area contributed by atoms with E-state index in [1.807, 2.05) is 11.9 Å². The number of piperazine rings is 2. The Morgan fingerprint density at radius 1 is 0.630 bits per heavy atom. The number of aliphatic carboxylic acids is 1. The molecule has 2 saturated carbocycles. The number of carboxylic acids is 1. The molecule has 2 heterocycles. The summed E-state index contributed by atoms with van der Waals surface area (Å²) >= 11 is 0. The van der Waals surface area contributed by atoms with Gasteiger partial charge in [-0.05, 0) is 140 Å². The molecule has 2 saturated heterocycles. The number of likely N-dealkylation sites (N-methyl/N-ethyl adjacent to an activating group) is 5. The van der Waals surface area contributed by atoms with Crippen LogP contribution in [-0.4, -0.2) is 239 Å². The second-order valence-corrected chi connectivity index (χ2v) is 24.3. The van der Waals surface area contributed by atoms with Gasteiger partial charge in [-0.15, -0.1) is 0 Å². The van der Waals surface area contributed by atoms with E-state index in [4.69, 9.17) is 24.1 Å². The third-order valence-electron chi connectivity index (χ3n) is 15.0. The molecule has 2 aromatic carbocycles. The van der Waals surface area contributed by atoms with E-state index in [2.05, 4.69) is 46.1 Å². The van der Waals surface area contributed by atoms with Crippen molar-refractivity contribution in [3.63, 3.8) is 0 Å². The van der Waals surface area contributed by atoms with Crippen LogP contribution in [0.3, 0.4) is 0 Å². The highest BCUT2D eigenvalue weighted by Crippen LogP contribution is 2.30. The van der Waals surface area contributed by atoms with Gasteiger partial charge in [0.25, 0.3) is 0 Å². The molecular weight excluding hydrogens is 977 g/mol. The van der Waals surface area contributed by atoms with Crippen LogP contribution >= 0.6 is 0 Å². The number of nitrogens with one attached hydrogen (secondary N) is 1. The van der Waals surface area contributed by atoms with Gasteiger partial charge in [-0.3, -0.25) is 14.6 Å². The highest BCUT2D eigenvalue weighted by atomic mass is 32.2. The standard InChI is InChI=1S/C26H44N4O5S.C14H21NO6S.C12H25N3/c1-20-16-24(34-6)17-21(2)26(20)36(32,33)28(4)14-15-35-19-25(31)29(5)22-8-7-9-23(18-22)30-12-10-27(3)11-13-30;1-10-7-12(20-4)8-11(2)14(10)22(18,19)15(3)5-6-21-9-13(16)17;1-13-11-4-3-5-12(10-11)15-8-6-14(2)7-9-15/h16-17,22-23H,7-15,18-19H2,1-6H3;7-8H,5-6,9H2,1-4H3,(H,16,17);11-13H,3-10H2,1-2H3. The number of rotatable bonds is 20. The monoisotopic (exact) mass is 1070 g/mol. The molecular formula is C52H90N8O11S2. The van der Waals surface area contributed by atoms with Gasteiger partial charge in [0.15, 0.2) is 0 Å². The topological polar surface area (TPSA) is 194 Å². The van der Waals surface area contributed by atoms with E-state index in [0.717, 1.165) is 61.8 Å². The number of nitrogens with zero attached hydrogens (tertiary/aromatic N) is 7. The molecule has 416 valence electrons. The summed E-state index contributed by atoms with van der Waals surface area (Å²) in [5.74, 6) is 0.0884. The molecule has 4 fully saturated rings. The number of hydrogen-bond acceptors (Lipinski definition) is 15. The van der Waals surface area contributed by atoms with Gasteiger partial charge >= 0.3 is 5.97 Å². The first-order valence-electron chi connectivity index (χ1n) is 25.9. The van der Waals surface area contributed by atoms with Gasteiger partial charge in [0.2, 0.25) is 26.0 Å². The van der Waals surface area contributed by atoms with Gasteiger partial charge < -0.3 is 44.1 Å². The molecule has 21 heteroatoms. The van der Waals surface area contributed by atoms with Crippen LogP contribution in [0.5, 0.6) is 11.5 Å². The molecule has 4 unspecified atom stereocenters.